The number of nitrogen functional groups attached to an aromatic ring is 1. The number of primary sulfonamides is 1. The van der Waals surface area contributed by atoms with Crippen molar-refractivity contribution in [3.63, 3.8) is 0 Å². The van der Waals surface area contributed by atoms with Crippen molar-refractivity contribution < 1.29 is 13.2 Å². The zero-order valence-electron chi connectivity index (χ0n) is 10.8. The molecule has 0 aliphatic rings. The normalized spacial score (nSPS) is 11.4. The van der Waals surface area contributed by atoms with E-state index in [-0.39, 0.29) is 23.4 Å². The maximum atomic E-state index is 11.5. The highest BCUT2D eigenvalue weighted by atomic mass is 32.2. The van der Waals surface area contributed by atoms with Gasteiger partial charge in [-0.25, -0.2) is 13.6 Å². The highest BCUT2D eigenvalue weighted by molar-refractivity contribution is 7.89. The number of anilines is 2. The van der Waals surface area contributed by atoms with E-state index in [2.05, 4.69) is 10.6 Å². The number of rotatable bonds is 5. The number of nitrogens with one attached hydrogen (secondary N) is 2. The number of amides is 1. The van der Waals surface area contributed by atoms with Crippen molar-refractivity contribution in [2.45, 2.75) is 24.8 Å². The van der Waals surface area contributed by atoms with Gasteiger partial charge in [0.25, 0.3) is 0 Å². The first kappa shape index (κ1) is 15.3. The van der Waals surface area contributed by atoms with Gasteiger partial charge in [0.15, 0.2) is 0 Å². The summed E-state index contributed by atoms with van der Waals surface area (Å²) in [4.78, 5) is 11.4. The number of carbonyl (C=O) groups is 1. The molecule has 6 N–H and O–H groups in total. The molecule has 0 saturated heterocycles. The van der Waals surface area contributed by atoms with E-state index in [1.807, 2.05) is 13.8 Å². The summed E-state index contributed by atoms with van der Waals surface area (Å²) in [6.07, 6.45) is 0. The highest BCUT2D eigenvalue weighted by Crippen LogP contribution is 2.21. The van der Waals surface area contributed by atoms with Crippen LogP contribution in [-0.4, -0.2) is 26.9 Å². The molecule has 1 aromatic carbocycles. The molecule has 7 nitrogen and oxygen atoms in total. The van der Waals surface area contributed by atoms with Gasteiger partial charge < -0.3 is 16.4 Å². The fraction of sp³-hybridized carbons (Fsp3) is 0.364. The summed E-state index contributed by atoms with van der Waals surface area (Å²) < 4.78 is 22.4. The minimum absolute atomic E-state index is 0.00352. The van der Waals surface area contributed by atoms with Crippen LogP contribution in [0.25, 0.3) is 0 Å². The number of benzene rings is 1. The largest absolute Gasteiger partial charge is 0.397 e. The van der Waals surface area contributed by atoms with Crippen molar-refractivity contribution >= 4 is 27.3 Å². The van der Waals surface area contributed by atoms with Crippen molar-refractivity contribution in [3.8, 4) is 0 Å². The van der Waals surface area contributed by atoms with Gasteiger partial charge in [0.1, 0.15) is 0 Å². The van der Waals surface area contributed by atoms with Crippen molar-refractivity contribution in [2.24, 2.45) is 5.14 Å². The minimum atomic E-state index is -3.80. The van der Waals surface area contributed by atoms with E-state index in [4.69, 9.17) is 10.9 Å². The van der Waals surface area contributed by atoms with Crippen molar-refractivity contribution in [1.82, 2.24) is 5.32 Å². The van der Waals surface area contributed by atoms with E-state index < -0.39 is 10.0 Å². The smallest absolute Gasteiger partial charge is 0.239 e. The molecule has 106 valence electrons. The van der Waals surface area contributed by atoms with E-state index in [0.29, 0.717) is 11.4 Å². The molecule has 8 heteroatoms. The molecule has 0 radical (unpaired) electrons. The van der Waals surface area contributed by atoms with Crippen LogP contribution in [0.1, 0.15) is 13.8 Å². The summed E-state index contributed by atoms with van der Waals surface area (Å²) >= 11 is 0. The lowest BCUT2D eigenvalue weighted by Gasteiger charge is -2.12. The van der Waals surface area contributed by atoms with Crippen molar-refractivity contribution in [3.05, 3.63) is 18.2 Å². The molecule has 0 atom stereocenters. The van der Waals surface area contributed by atoms with Crippen LogP contribution in [0, 0.1) is 0 Å². The summed E-state index contributed by atoms with van der Waals surface area (Å²) in [5.74, 6) is -0.213. The molecule has 0 aliphatic carbocycles. The lowest BCUT2D eigenvalue weighted by molar-refractivity contribution is -0.119. The third-order valence-corrected chi connectivity index (χ3v) is 3.15. The standard InChI is InChI=1S/C11H18N4O3S/c1-7(2)15-11(16)6-14-10-5-8(19(13,17)18)3-4-9(10)12/h3-5,7,14H,6,12H2,1-2H3,(H,15,16)(H2,13,17,18). The lowest BCUT2D eigenvalue weighted by Crippen LogP contribution is -2.34. The average Bonchev–Trinajstić information content (AvgIpc) is 2.25. The van der Waals surface area contributed by atoms with Gasteiger partial charge in [-0.1, -0.05) is 0 Å². The zero-order valence-corrected chi connectivity index (χ0v) is 11.6. The van der Waals surface area contributed by atoms with Gasteiger partial charge in [-0.15, -0.1) is 0 Å². The van der Waals surface area contributed by atoms with Crippen LogP contribution in [0.15, 0.2) is 23.1 Å². The lowest BCUT2D eigenvalue weighted by atomic mass is 10.2. The van der Waals surface area contributed by atoms with E-state index in [9.17, 15) is 13.2 Å². The van der Waals surface area contributed by atoms with Gasteiger partial charge >= 0.3 is 0 Å². The van der Waals surface area contributed by atoms with Crippen LogP contribution in [0.3, 0.4) is 0 Å². The maximum absolute atomic E-state index is 11.5. The second-order valence-corrected chi connectivity index (χ2v) is 5.93. The van der Waals surface area contributed by atoms with Crippen LogP contribution in [-0.2, 0) is 14.8 Å². The maximum Gasteiger partial charge on any atom is 0.239 e. The molecule has 0 bridgehead atoms. The summed E-state index contributed by atoms with van der Waals surface area (Å²) in [7, 11) is -3.80. The fourth-order valence-electron chi connectivity index (χ4n) is 1.41. The first-order valence-corrected chi connectivity index (χ1v) is 7.20. The Morgan fingerprint density at radius 1 is 1.37 bits per heavy atom. The molecular formula is C11H18N4O3S. The van der Waals surface area contributed by atoms with Gasteiger partial charge in [0.2, 0.25) is 15.9 Å². The minimum Gasteiger partial charge on any atom is -0.397 e. The number of sulfonamides is 1. The quantitative estimate of drug-likeness (QED) is 0.560. The highest BCUT2D eigenvalue weighted by Gasteiger charge is 2.11. The summed E-state index contributed by atoms with van der Waals surface area (Å²) in [5, 5.41) is 10.5. The van der Waals surface area contributed by atoms with Crippen LogP contribution in [0.2, 0.25) is 0 Å². The molecule has 0 aliphatic heterocycles. The van der Waals surface area contributed by atoms with Gasteiger partial charge in [0.05, 0.1) is 22.8 Å². The Kier molecular flexibility index (Phi) is 4.73. The first-order valence-electron chi connectivity index (χ1n) is 5.65. The Balaban J connectivity index is 2.81. The fourth-order valence-corrected chi connectivity index (χ4v) is 1.95. The van der Waals surface area contributed by atoms with Gasteiger partial charge in [-0.2, -0.15) is 0 Å². The summed E-state index contributed by atoms with van der Waals surface area (Å²) in [6.45, 7) is 3.68. The molecule has 0 fully saturated rings. The number of hydrogen-bond donors (Lipinski definition) is 4. The molecular weight excluding hydrogens is 268 g/mol. The first-order chi connectivity index (χ1) is 8.70. The molecule has 1 rings (SSSR count). The number of carbonyl (C=O) groups excluding carboxylic acids is 1. The van der Waals surface area contributed by atoms with E-state index >= 15 is 0 Å². The summed E-state index contributed by atoms with van der Waals surface area (Å²) in [5.41, 5.74) is 6.38. The molecule has 0 spiro atoms. The topological polar surface area (TPSA) is 127 Å². The monoisotopic (exact) mass is 286 g/mol. The van der Waals surface area contributed by atoms with E-state index in [1.165, 1.54) is 18.2 Å². The zero-order chi connectivity index (χ0) is 14.6. The third kappa shape index (κ3) is 4.76. The Morgan fingerprint density at radius 2 is 2.00 bits per heavy atom. The van der Waals surface area contributed by atoms with Crippen molar-refractivity contribution in [2.75, 3.05) is 17.6 Å². The second-order valence-electron chi connectivity index (χ2n) is 4.37. The Hall–Kier alpha value is -1.80. The molecule has 0 aromatic heterocycles. The molecule has 1 aromatic rings. The Labute approximate surface area is 112 Å². The van der Waals surface area contributed by atoms with Gasteiger partial charge in [-0.3, -0.25) is 4.79 Å². The number of nitrogens with two attached hydrogens (primary N) is 2. The summed E-state index contributed by atoms with van der Waals surface area (Å²) in [6, 6.07) is 4.06. The Morgan fingerprint density at radius 3 is 2.53 bits per heavy atom. The second kappa shape index (κ2) is 5.89. The van der Waals surface area contributed by atoms with Crippen molar-refractivity contribution in [1.29, 1.82) is 0 Å². The molecule has 0 unspecified atom stereocenters. The van der Waals surface area contributed by atoms with E-state index in [1.54, 1.807) is 0 Å². The predicted molar refractivity (Wildman–Crippen MR) is 74.0 cm³/mol. The molecule has 0 heterocycles. The predicted octanol–water partition coefficient (Wildman–Crippen LogP) is -0.147. The molecule has 0 saturated carbocycles. The van der Waals surface area contributed by atoms with Gasteiger partial charge in [-0.05, 0) is 32.0 Å². The molecule has 19 heavy (non-hydrogen) atoms. The third-order valence-electron chi connectivity index (χ3n) is 2.24. The van der Waals surface area contributed by atoms with Crippen LogP contribution in [0.4, 0.5) is 11.4 Å². The Bertz CT molecular complexity index is 569. The van der Waals surface area contributed by atoms with Crippen LogP contribution < -0.4 is 21.5 Å². The van der Waals surface area contributed by atoms with Crippen LogP contribution in [0.5, 0.6) is 0 Å². The molecule has 1 amide bonds. The average molecular weight is 286 g/mol. The van der Waals surface area contributed by atoms with E-state index in [0.717, 1.165) is 0 Å². The van der Waals surface area contributed by atoms with Crippen LogP contribution >= 0.6 is 0 Å². The number of hydrogen-bond acceptors (Lipinski definition) is 5. The SMILES string of the molecule is CC(C)NC(=O)CNc1cc(S(N)(=O)=O)ccc1N. The van der Waals surface area contributed by atoms with Gasteiger partial charge in [0, 0.05) is 6.04 Å².